The van der Waals surface area contributed by atoms with E-state index in [2.05, 4.69) is 10.6 Å². The van der Waals surface area contributed by atoms with Crippen molar-refractivity contribution in [1.82, 2.24) is 10.6 Å². The van der Waals surface area contributed by atoms with Crippen molar-refractivity contribution in [3.8, 4) is 11.5 Å². The second kappa shape index (κ2) is 7.09. The summed E-state index contributed by atoms with van der Waals surface area (Å²) in [5, 5.41) is 6.34. The lowest BCUT2D eigenvalue weighted by molar-refractivity contribution is 0.0950. The summed E-state index contributed by atoms with van der Waals surface area (Å²) in [5.74, 6) is 1.36. The van der Waals surface area contributed by atoms with Crippen LogP contribution in [0.15, 0.2) is 54.6 Å². The molecule has 22 heavy (non-hydrogen) atoms. The number of para-hydroxylation sites is 1. The lowest BCUT2D eigenvalue weighted by Crippen LogP contribution is -2.37. The van der Waals surface area contributed by atoms with Crippen LogP contribution in [-0.2, 0) is 0 Å². The van der Waals surface area contributed by atoms with Crippen molar-refractivity contribution in [3.05, 3.63) is 60.2 Å². The Balaban J connectivity index is 1.61. The van der Waals surface area contributed by atoms with Gasteiger partial charge in [-0.05, 0) is 49.7 Å². The van der Waals surface area contributed by atoms with E-state index in [0.29, 0.717) is 23.9 Å². The minimum atomic E-state index is -0.0628. The molecule has 4 nitrogen and oxygen atoms in total. The zero-order valence-corrected chi connectivity index (χ0v) is 12.4. The first-order chi connectivity index (χ1) is 10.8. The quantitative estimate of drug-likeness (QED) is 0.892. The summed E-state index contributed by atoms with van der Waals surface area (Å²) in [7, 11) is 0. The van der Waals surface area contributed by atoms with Crippen LogP contribution >= 0.6 is 0 Å². The molecule has 1 aliphatic heterocycles. The van der Waals surface area contributed by atoms with Crippen LogP contribution in [0.4, 0.5) is 0 Å². The van der Waals surface area contributed by atoms with Gasteiger partial charge in [0.1, 0.15) is 11.5 Å². The highest BCUT2D eigenvalue weighted by molar-refractivity contribution is 5.94. The number of carbonyl (C=O) groups excluding carboxylic acids is 1. The molecule has 2 aromatic carbocycles. The molecule has 0 bridgehead atoms. The average molecular weight is 296 g/mol. The molecular weight excluding hydrogens is 276 g/mol. The molecule has 1 amide bonds. The lowest BCUT2D eigenvalue weighted by Gasteiger charge is -2.12. The maximum Gasteiger partial charge on any atom is 0.251 e. The van der Waals surface area contributed by atoms with Gasteiger partial charge in [-0.2, -0.15) is 0 Å². The molecule has 0 aromatic heterocycles. The normalized spacial score (nSPS) is 17.2. The number of benzene rings is 2. The van der Waals surface area contributed by atoms with E-state index in [1.54, 1.807) is 12.1 Å². The molecule has 114 valence electrons. The third-order valence-electron chi connectivity index (χ3n) is 3.75. The van der Waals surface area contributed by atoms with Crippen molar-refractivity contribution in [3.63, 3.8) is 0 Å². The number of rotatable bonds is 5. The first kappa shape index (κ1) is 14.6. The molecule has 1 heterocycles. The topological polar surface area (TPSA) is 50.4 Å². The molecule has 0 aliphatic carbocycles. The monoisotopic (exact) mass is 296 g/mol. The second-order valence-corrected chi connectivity index (χ2v) is 5.45. The number of ether oxygens (including phenoxy) is 1. The predicted molar refractivity (Wildman–Crippen MR) is 86.3 cm³/mol. The van der Waals surface area contributed by atoms with Gasteiger partial charge in [0.05, 0.1) is 0 Å². The van der Waals surface area contributed by atoms with E-state index in [0.717, 1.165) is 18.7 Å². The summed E-state index contributed by atoms with van der Waals surface area (Å²) >= 11 is 0. The fraction of sp³-hybridized carbons (Fsp3) is 0.278. The molecule has 1 saturated heterocycles. The average Bonchev–Trinajstić information content (AvgIpc) is 3.07. The molecule has 4 heteroatoms. The highest BCUT2D eigenvalue weighted by Gasteiger charge is 2.15. The first-order valence-corrected chi connectivity index (χ1v) is 7.66. The Kier molecular flexibility index (Phi) is 4.71. The summed E-state index contributed by atoms with van der Waals surface area (Å²) < 4.78 is 5.75. The highest BCUT2D eigenvalue weighted by Crippen LogP contribution is 2.21. The summed E-state index contributed by atoms with van der Waals surface area (Å²) in [6, 6.07) is 17.2. The van der Waals surface area contributed by atoms with Gasteiger partial charge in [0.2, 0.25) is 0 Å². The molecule has 1 atom stereocenters. The Morgan fingerprint density at radius 3 is 2.73 bits per heavy atom. The van der Waals surface area contributed by atoms with Crippen LogP contribution in [0, 0.1) is 0 Å². The van der Waals surface area contributed by atoms with Gasteiger partial charge in [0.25, 0.3) is 5.91 Å². The lowest BCUT2D eigenvalue weighted by atomic mass is 10.2. The first-order valence-electron chi connectivity index (χ1n) is 7.66. The van der Waals surface area contributed by atoms with Gasteiger partial charge in [-0.25, -0.2) is 0 Å². The predicted octanol–water partition coefficient (Wildman–Crippen LogP) is 2.96. The van der Waals surface area contributed by atoms with Gasteiger partial charge in [0.15, 0.2) is 0 Å². The Morgan fingerprint density at radius 1 is 1.14 bits per heavy atom. The fourth-order valence-corrected chi connectivity index (χ4v) is 2.57. The van der Waals surface area contributed by atoms with Gasteiger partial charge in [0, 0.05) is 18.2 Å². The summed E-state index contributed by atoms with van der Waals surface area (Å²) in [6.45, 7) is 1.71. The van der Waals surface area contributed by atoms with Crippen LogP contribution in [0.25, 0.3) is 0 Å². The number of carbonyl (C=O) groups is 1. The minimum absolute atomic E-state index is 0.0628. The number of nitrogens with one attached hydrogen (secondary N) is 2. The summed E-state index contributed by atoms with van der Waals surface area (Å²) in [5.41, 5.74) is 0.617. The largest absolute Gasteiger partial charge is 0.457 e. The Labute approximate surface area is 130 Å². The van der Waals surface area contributed by atoms with Gasteiger partial charge >= 0.3 is 0 Å². The van der Waals surface area contributed by atoms with Crippen molar-refractivity contribution in [2.75, 3.05) is 13.1 Å². The molecule has 0 radical (unpaired) electrons. The van der Waals surface area contributed by atoms with Gasteiger partial charge < -0.3 is 15.4 Å². The van der Waals surface area contributed by atoms with Crippen molar-refractivity contribution in [2.45, 2.75) is 18.9 Å². The van der Waals surface area contributed by atoms with Crippen LogP contribution < -0.4 is 15.4 Å². The molecule has 3 rings (SSSR count). The van der Waals surface area contributed by atoms with Crippen LogP contribution in [0.1, 0.15) is 23.2 Å². The van der Waals surface area contributed by atoms with Crippen LogP contribution in [0.3, 0.4) is 0 Å². The molecule has 0 spiro atoms. The van der Waals surface area contributed by atoms with E-state index >= 15 is 0 Å². The minimum Gasteiger partial charge on any atom is -0.457 e. The fourth-order valence-electron chi connectivity index (χ4n) is 2.57. The van der Waals surface area contributed by atoms with E-state index in [-0.39, 0.29) is 5.91 Å². The van der Waals surface area contributed by atoms with Gasteiger partial charge in [-0.15, -0.1) is 0 Å². The van der Waals surface area contributed by atoms with E-state index in [1.165, 1.54) is 6.42 Å². The third kappa shape index (κ3) is 3.86. The molecule has 2 aromatic rings. The van der Waals surface area contributed by atoms with Gasteiger partial charge in [-0.3, -0.25) is 4.79 Å². The van der Waals surface area contributed by atoms with Crippen molar-refractivity contribution in [1.29, 1.82) is 0 Å². The second-order valence-electron chi connectivity index (χ2n) is 5.45. The Morgan fingerprint density at radius 2 is 1.95 bits per heavy atom. The molecule has 1 fully saturated rings. The van der Waals surface area contributed by atoms with E-state index in [9.17, 15) is 4.79 Å². The number of amides is 1. The molecule has 0 saturated carbocycles. The van der Waals surface area contributed by atoms with Crippen molar-refractivity contribution in [2.24, 2.45) is 0 Å². The Hall–Kier alpha value is -2.33. The molecule has 1 aliphatic rings. The van der Waals surface area contributed by atoms with E-state index in [4.69, 9.17) is 4.74 Å². The molecule has 0 unspecified atom stereocenters. The van der Waals surface area contributed by atoms with Crippen LogP contribution in [0.2, 0.25) is 0 Å². The third-order valence-corrected chi connectivity index (χ3v) is 3.75. The summed E-state index contributed by atoms with van der Waals surface area (Å²) in [6.07, 6.45) is 2.30. The summed E-state index contributed by atoms with van der Waals surface area (Å²) in [4.78, 5) is 12.2. The maximum absolute atomic E-state index is 12.2. The SMILES string of the molecule is O=C(NC[C@H]1CCCN1)c1cccc(Oc2ccccc2)c1. The molecule has 2 N–H and O–H groups in total. The van der Waals surface area contributed by atoms with Crippen molar-refractivity contribution < 1.29 is 9.53 Å². The number of hydrogen-bond donors (Lipinski definition) is 2. The zero-order valence-electron chi connectivity index (χ0n) is 12.4. The zero-order chi connectivity index (χ0) is 15.2. The highest BCUT2D eigenvalue weighted by atomic mass is 16.5. The molecular formula is C18H20N2O2. The van der Waals surface area contributed by atoms with Crippen LogP contribution in [0.5, 0.6) is 11.5 Å². The van der Waals surface area contributed by atoms with Crippen molar-refractivity contribution >= 4 is 5.91 Å². The van der Waals surface area contributed by atoms with E-state index < -0.39 is 0 Å². The van der Waals surface area contributed by atoms with E-state index in [1.807, 2.05) is 42.5 Å². The standard InChI is InChI=1S/C18H20N2O2/c21-18(20-13-15-7-5-11-19-15)14-6-4-10-17(12-14)22-16-8-2-1-3-9-16/h1-4,6,8-10,12,15,19H,5,7,11,13H2,(H,20,21)/t15-/m1/s1. The number of hydrogen-bond acceptors (Lipinski definition) is 3. The Bertz CT molecular complexity index is 622. The van der Waals surface area contributed by atoms with Crippen LogP contribution in [-0.4, -0.2) is 25.0 Å². The maximum atomic E-state index is 12.2. The van der Waals surface area contributed by atoms with Gasteiger partial charge in [-0.1, -0.05) is 24.3 Å². The smallest absolute Gasteiger partial charge is 0.251 e.